The van der Waals surface area contributed by atoms with E-state index in [0.29, 0.717) is 4.91 Å². The van der Waals surface area contributed by atoms with Gasteiger partial charge in [0.1, 0.15) is 0 Å². The molecule has 4 nitrogen and oxygen atoms in total. The number of carboxylic acid groups (broad SMARTS) is 1. The maximum absolute atomic E-state index is 10.9. The van der Waals surface area contributed by atoms with Crippen molar-refractivity contribution in [2.75, 3.05) is 0 Å². The molecule has 0 aliphatic carbocycles. The summed E-state index contributed by atoms with van der Waals surface area (Å²) in [5, 5.41) is 12.5. The standard InChI is InChI=1S/C9H6N2O2S2/c12-9(13)7-8(15-4-2-11-7)6-5-10-1-3-14-6/h1-5H,(H,12,13). The number of aliphatic imine (C=N–C) groups is 2. The summed E-state index contributed by atoms with van der Waals surface area (Å²) in [4.78, 5) is 20.2. The highest BCUT2D eigenvalue weighted by Crippen LogP contribution is 2.32. The van der Waals surface area contributed by atoms with Gasteiger partial charge in [-0.15, -0.1) is 0 Å². The number of allylic oxidation sites excluding steroid dienone is 1. The highest BCUT2D eigenvalue weighted by molar-refractivity contribution is 8.10. The summed E-state index contributed by atoms with van der Waals surface area (Å²) in [5.41, 5.74) is 0.0757. The van der Waals surface area contributed by atoms with Crippen LogP contribution in [0.1, 0.15) is 0 Å². The Kier molecular flexibility index (Phi) is 3.08. The Labute approximate surface area is 94.6 Å². The lowest BCUT2D eigenvalue weighted by molar-refractivity contribution is -0.129. The van der Waals surface area contributed by atoms with E-state index in [9.17, 15) is 4.79 Å². The van der Waals surface area contributed by atoms with Gasteiger partial charge in [-0.25, -0.2) is 9.79 Å². The lowest BCUT2D eigenvalue weighted by atomic mass is 10.3. The molecule has 0 atom stereocenters. The van der Waals surface area contributed by atoms with Gasteiger partial charge in [0.05, 0.1) is 4.91 Å². The zero-order valence-corrected chi connectivity index (χ0v) is 9.09. The maximum atomic E-state index is 10.9. The van der Waals surface area contributed by atoms with Gasteiger partial charge in [-0.2, -0.15) is 0 Å². The van der Waals surface area contributed by atoms with Crippen molar-refractivity contribution >= 4 is 41.4 Å². The van der Waals surface area contributed by atoms with Crippen LogP contribution in [-0.4, -0.2) is 23.0 Å². The first-order valence-electron chi connectivity index (χ1n) is 4.01. The number of nitrogens with zero attached hydrogens (tertiary/aromatic N) is 2. The molecule has 0 bridgehead atoms. The number of hydrogen-bond acceptors (Lipinski definition) is 5. The summed E-state index contributed by atoms with van der Waals surface area (Å²) in [6.45, 7) is 0. The average molecular weight is 238 g/mol. The van der Waals surface area contributed by atoms with Crippen molar-refractivity contribution in [1.82, 2.24) is 0 Å². The molecule has 2 aliphatic rings. The molecule has 15 heavy (non-hydrogen) atoms. The van der Waals surface area contributed by atoms with Crippen molar-refractivity contribution in [2.45, 2.75) is 0 Å². The van der Waals surface area contributed by atoms with Gasteiger partial charge in [-0.1, -0.05) is 23.5 Å². The highest BCUT2D eigenvalue weighted by Gasteiger charge is 2.21. The molecule has 0 unspecified atom stereocenters. The SMILES string of the molecule is O=C(O)C1=NC=CSC1=C1C=NC=CS1. The van der Waals surface area contributed by atoms with Crippen LogP contribution >= 0.6 is 23.5 Å². The molecule has 6 heteroatoms. The quantitative estimate of drug-likeness (QED) is 0.761. The molecule has 0 amide bonds. The van der Waals surface area contributed by atoms with Crippen molar-refractivity contribution in [3.63, 3.8) is 0 Å². The molecule has 0 radical (unpaired) electrons. The first kappa shape index (κ1) is 10.3. The Balaban J connectivity index is 2.40. The minimum Gasteiger partial charge on any atom is -0.476 e. The Hall–Kier alpha value is -1.27. The van der Waals surface area contributed by atoms with Crippen LogP contribution in [-0.2, 0) is 4.79 Å². The van der Waals surface area contributed by atoms with Gasteiger partial charge >= 0.3 is 5.97 Å². The van der Waals surface area contributed by atoms with E-state index in [-0.39, 0.29) is 5.71 Å². The predicted octanol–water partition coefficient (Wildman–Crippen LogP) is 2.23. The Morgan fingerprint density at radius 1 is 1.27 bits per heavy atom. The van der Waals surface area contributed by atoms with Crippen molar-refractivity contribution < 1.29 is 9.90 Å². The first-order chi connectivity index (χ1) is 7.29. The van der Waals surface area contributed by atoms with E-state index in [1.165, 1.54) is 29.7 Å². The summed E-state index contributed by atoms with van der Waals surface area (Å²) < 4.78 is 0. The van der Waals surface area contributed by atoms with Crippen LogP contribution in [0.15, 0.2) is 43.0 Å². The molecule has 0 saturated carbocycles. The molecule has 2 heterocycles. The third-order valence-corrected chi connectivity index (χ3v) is 3.48. The van der Waals surface area contributed by atoms with Gasteiger partial charge in [-0.05, 0) is 10.8 Å². The fourth-order valence-electron chi connectivity index (χ4n) is 1.04. The molecular formula is C9H6N2O2S2. The Morgan fingerprint density at radius 2 is 2.07 bits per heavy atom. The van der Waals surface area contributed by atoms with Gasteiger partial charge < -0.3 is 5.11 Å². The van der Waals surface area contributed by atoms with E-state index in [1.54, 1.807) is 23.2 Å². The predicted molar refractivity (Wildman–Crippen MR) is 64.1 cm³/mol. The first-order valence-corrected chi connectivity index (χ1v) is 5.77. The topological polar surface area (TPSA) is 62.0 Å². The summed E-state index contributed by atoms with van der Waals surface area (Å²) >= 11 is 2.79. The summed E-state index contributed by atoms with van der Waals surface area (Å²) in [5.74, 6) is -1.02. The van der Waals surface area contributed by atoms with E-state index in [1.807, 2.05) is 0 Å². The molecule has 1 N–H and O–H groups in total. The maximum Gasteiger partial charge on any atom is 0.355 e. The van der Waals surface area contributed by atoms with Gasteiger partial charge in [0.15, 0.2) is 5.71 Å². The van der Waals surface area contributed by atoms with Crippen molar-refractivity contribution in [2.24, 2.45) is 9.98 Å². The van der Waals surface area contributed by atoms with Gasteiger partial charge in [0.25, 0.3) is 0 Å². The second kappa shape index (κ2) is 4.50. The Morgan fingerprint density at radius 3 is 2.73 bits per heavy atom. The smallest absolute Gasteiger partial charge is 0.355 e. The molecule has 0 aromatic rings. The largest absolute Gasteiger partial charge is 0.476 e. The van der Waals surface area contributed by atoms with Crippen LogP contribution < -0.4 is 0 Å². The summed E-state index contributed by atoms with van der Waals surface area (Å²) in [6.07, 6.45) is 4.79. The van der Waals surface area contributed by atoms with Gasteiger partial charge in [0, 0.05) is 23.5 Å². The summed E-state index contributed by atoms with van der Waals surface area (Å²) in [6, 6.07) is 0. The number of thioether (sulfide) groups is 2. The minimum atomic E-state index is -1.02. The van der Waals surface area contributed by atoms with Crippen LogP contribution in [0.5, 0.6) is 0 Å². The van der Waals surface area contributed by atoms with Crippen LogP contribution in [0, 0.1) is 0 Å². The Bertz CT molecular complexity index is 447. The third kappa shape index (κ3) is 2.21. The van der Waals surface area contributed by atoms with Crippen molar-refractivity contribution in [1.29, 1.82) is 0 Å². The van der Waals surface area contributed by atoms with Crippen molar-refractivity contribution in [3.8, 4) is 0 Å². The number of hydrogen-bond donors (Lipinski definition) is 1. The molecule has 2 rings (SSSR count). The van der Waals surface area contributed by atoms with Gasteiger partial charge in [0.2, 0.25) is 0 Å². The van der Waals surface area contributed by atoms with E-state index >= 15 is 0 Å². The number of aliphatic carboxylic acids is 1. The highest BCUT2D eigenvalue weighted by atomic mass is 32.2. The lowest BCUT2D eigenvalue weighted by Crippen LogP contribution is -2.16. The van der Waals surface area contributed by atoms with Crippen LogP contribution in [0.2, 0.25) is 0 Å². The monoisotopic (exact) mass is 238 g/mol. The molecule has 0 fully saturated rings. The summed E-state index contributed by atoms with van der Waals surface area (Å²) in [7, 11) is 0. The molecule has 0 aromatic heterocycles. The fourth-order valence-corrected chi connectivity index (χ4v) is 2.61. The number of carbonyl (C=O) groups is 1. The zero-order chi connectivity index (χ0) is 10.7. The van der Waals surface area contributed by atoms with E-state index in [0.717, 1.165) is 4.91 Å². The van der Waals surface area contributed by atoms with Crippen LogP contribution in [0.25, 0.3) is 0 Å². The van der Waals surface area contributed by atoms with E-state index < -0.39 is 5.97 Å². The van der Waals surface area contributed by atoms with Crippen LogP contribution in [0.4, 0.5) is 0 Å². The zero-order valence-electron chi connectivity index (χ0n) is 7.45. The second-order valence-corrected chi connectivity index (χ2v) is 4.42. The molecule has 0 saturated heterocycles. The normalized spacial score (nSPS) is 24.1. The average Bonchev–Trinajstić information content (AvgIpc) is 2.30. The molecular weight excluding hydrogens is 232 g/mol. The molecule has 2 aliphatic heterocycles. The molecule has 76 valence electrons. The minimum absolute atomic E-state index is 0.0757. The van der Waals surface area contributed by atoms with Crippen molar-refractivity contribution in [3.05, 3.63) is 33.0 Å². The van der Waals surface area contributed by atoms with E-state index in [4.69, 9.17) is 5.11 Å². The number of rotatable bonds is 1. The van der Waals surface area contributed by atoms with Crippen LogP contribution in [0.3, 0.4) is 0 Å². The molecule has 0 spiro atoms. The van der Waals surface area contributed by atoms with Gasteiger partial charge in [-0.3, -0.25) is 4.99 Å². The third-order valence-electron chi connectivity index (χ3n) is 1.63. The lowest BCUT2D eigenvalue weighted by Gasteiger charge is -2.11. The van der Waals surface area contributed by atoms with E-state index in [2.05, 4.69) is 9.98 Å². The fraction of sp³-hybridized carbons (Fsp3) is 0. The second-order valence-electron chi connectivity index (χ2n) is 2.56. The number of carboxylic acids is 1. The molecule has 0 aromatic carbocycles.